The number of carbonyl (C=O) groups is 1. The molecule has 0 saturated heterocycles. The highest BCUT2D eigenvalue weighted by atomic mass is 32.2. The van der Waals surface area contributed by atoms with Gasteiger partial charge < -0.3 is 5.32 Å². The summed E-state index contributed by atoms with van der Waals surface area (Å²) >= 11 is 0. The molecule has 0 bridgehead atoms. The van der Waals surface area contributed by atoms with Crippen LogP contribution in [0.15, 0.2) is 24.3 Å². The second-order valence-electron chi connectivity index (χ2n) is 5.87. The van der Waals surface area contributed by atoms with Crippen LogP contribution < -0.4 is 5.32 Å². The maximum Gasteiger partial charge on any atom is 0.238 e. The Morgan fingerprint density at radius 2 is 1.90 bits per heavy atom. The molecule has 1 aliphatic rings. The van der Waals surface area contributed by atoms with Crippen molar-refractivity contribution in [3.05, 3.63) is 35.4 Å². The lowest BCUT2D eigenvalue weighted by molar-refractivity contribution is -0.121. The molecule has 0 spiro atoms. The van der Waals surface area contributed by atoms with Gasteiger partial charge in [-0.15, -0.1) is 0 Å². The Morgan fingerprint density at radius 3 is 2.52 bits per heavy atom. The van der Waals surface area contributed by atoms with Gasteiger partial charge in [0.1, 0.15) is 5.25 Å². The first kappa shape index (κ1) is 16.0. The van der Waals surface area contributed by atoms with Crippen LogP contribution in [-0.4, -0.2) is 25.6 Å². The van der Waals surface area contributed by atoms with Crippen molar-refractivity contribution < 1.29 is 13.2 Å². The molecule has 0 aromatic heterocycles. The fraction of sp³-hybridized carbons (Fsp3) is 0.562. The molecular formula is C16H23NO3S. The first-order valence-corrected chi connectivity index (χ1v) is 9.18. The fourth-order valence-corrected chi connectivity index (χ4v) is 4.07. The molecule has 1 N–H and O–H groups in total. The van der Waals surface area contributed by atoms with Gasteiger partial charge in [-0.05, 0) is 37.8 Å². The van der Waals surface area contributed by atoms with Crippen molar-refractivity contribution in [2.45, 2.75) is 56.6 Å². The number of rotatable bonds is 5. The fourth-order valence-electron chi connectivity index (χ4n) is 2.67. The quantitative estimate of drug-likeness (QED) is 0.908. The van der Waals surface area contributed by atoms with Crippen molar-refractivity contribution in [2.75, 3.05) is 0 Å². The van der Waals surface area contributed by atoms with Gasteiger partial charge in [-0.2, -0.15) is 0 Å². The molecule has 0 radical (unpaired) electrons. The average molecular weight is 309 g/mol. The lowest BCUT2D eigenvalue weighted by Gasteiger charge is -2.17. The monoisotopic (exact) mass is 309 g/mol. The molecule has 1 aromatic carbocycles. The van der Waals surface area contributed by atoms with Gasteiger partial charge in [0.25, 0.3) is 0 Å². The van der Waals surface area contributed by atoms with E-state index in [9.17, 15) is 13.2 Å². The molecule has 4 nitrogen and oxygen atoms in total. The summed E-state index contributed by atoms with van der Waals surface area (Å²) in [5.74, 6) is -0.450. The highest BCUT2D eigenvalue weighted by molar-refractivity contribution is 7.92. The Balaban J connectivity index is 2.04. The van der Waals surface area contributed by atoms with Gasteiger partial charge in [0.15, 0.2) is 9.84 Å². The maximum absolute atomic E-state index is 12.4. The van der Waals surface area contributed by atoms with E-state index in [1.54, 1.807) is 6.07 Å². The molecule has 0 heterocycles. The van der Waals surface area contributed by atoms with Gasteiger partial charge in [0.05, 0.1) is 5.75 Å². The summed E-state index contributed by atoms with van der Waals surface area (Å²) in [7, 11) is -3.49. The van der Waals surface area contributed by atoms with Crippen LogP contribution in [0.25, 0.3) is 0 Å². The molecule has 21 heavy (non-hydrogen) atoms. The van der Waals surface area contributed by atoms with Gasteiger partial charge in [-0.1, -0.05) is 37.1 Å². The number of hydrogen-bond acceptors (Lipinski definition) is 3. The summed E-state index contributed by atoms with van der Waals surface area (Å²) in [6.07, 6.45) is 4.12. The molecule has 5 heteroatoms. The molecule has 1 amide bonds. The first-order valence-electron chi connectivity index (χ1n) is 7.46. The zero-order valence-corrected chi connectivity index (χ0v) is 13.4. The summed E-state index contributed by atoms with van der Waals surface area (Å²) in [4.78, 5) is 12.1. The van der Waals surface area contributed by atoms with Crippen LogP contribution in [0.3, 0.4) is 0 Å². The van der Waals surface area contributed by atoms with E-state index in [-0.39, 0.29) is 17.7 Å². The Labute approximate surface area is 126 Å². The van der Waals surface area contributed by atoms with Crippen LogP contribution in [0.2, 0.25) is 0 Å². The van der Waals surface area contributed by atoms with Crippen molar-refractivity contribution >= 4 is 15.7 Å². The third kappa shape index (κ3) is 4.06. The van der Waals surface area contributed by atoms with E-state index < -0.39 is 15.1 Å². The largest absolute Gasteiger partial charge is 0.352 e. The number of aryl methyl sites for hydroxylation is 1. The van der Waals surface area contributed by atoms with Gasteiger partial charge in [0.2, 0.25) is 5.91 Å². The standard InChI is InChI=1S/C16H23NO3S/c1-12-7-3-4-8-14(12)11-21(19,20)13(2)16(18)17-15-9-5-6-10-15/h3-4,7-8,13,15H,5-6,9-11H2,1-2H3,(H,17,18)/t13-/m0/s1. The lowest BCUT2D eigenvalue weighted by Crippen LogP contribution is -2.42. The summed E-state index contributed by atoms with van der Waals surface area (Å²) < 4.78 is 24.8. The molecular weight excluding hydrogens is 286 g/mol. The van der Waals surface area contributed by atoms with Crippen LogP contribution >= 0.6 is 0 Å². The minimum absolute atomic E-state index is 0.0844. The molecule has 1 saturated carbocycles. The van der Waals surface area contributed by atoms with Crippen LogP contribution in [0.4, 0.5) is 0 Å². The van der Waals surface area contributed by atoms with Crippen LogP contribution in [0.1, 0.15) is 43.7 Å². The second-order valence-corrected chi connectivity index (χ2v) is 8.19. The van der Waals surface area contributed by atoms with Gasteiger partial charge >= 0.3 is 0 Å². The topological polar surface area (TPSA) is 63.2 Å². The number of nitrogens with one attached hydrogen (secondary N) is 1. The van der Waals surface area contributed by atoms with E-state index in [4.69, 9.17) is 0 Å². The summed E-state index contributed by atoms with van der Waals surface area (Å²) in [6.45, 7) is 3.37. The maximum atomic E-state index is 12.4. The molecule has 1 aromatic rings. The van der Waals surface area contributed by atoms with Gasteiger partial charge in [-0.3, -0.25) is 4.79 Å². The molecule has 1 fully saturated rings. The summed E-state index contributed by atoms with van der Waals surface area (Å²) in [5, 5.41) is 1.86. The van der Waals surface area contributed by atoms with Crippen molar-refractivity contribution in [2.24, 2.45) is 0 Å². The van der Waals surface area contributed by atoms with Crippen molar-refractivity contribution in [3.8, 4) is 0 Å². The average Bonchev–Trinajstić information content (AvgIpc) is 2.93. The summed E-state index contributed by atoms with van der Waals surface area (Å²) in [6, 6.07) is 7.53. The number of benzene rings is 1. The third-order valence-corrected chi connectivity index (χ3v) is 6.23. The molecule has 1 aliphatic carbocycles. The Bertz CT molecular complexity index is 604. The van der Waals surface area contributed by atoms with E-state index >= 15 is 0 Å². The van der Waals surface area contributed by atoms with Crippen molar-refractivity contribution in [1.82, 2.24) is 5.32 Å². The Kier molecular flexibility index (Phi) is 5.04. The molecule has 116 valence electrons. The predicted octanol–water partition coefficient (Wildman–Crippen LogP) is 2.36. The van der Waals surface area contributed by atoms with E-state index in [1.165, 1.54) is 6.92 Å². The van der Waals surface area contributed by atoms with Crippen LogP contribution in [0, 0.1) is 6.92 Å². The SMILES string of the molecule is Cc1ccccc1CS(=O)(=O)[C@@H](C)C(=O)NC1CCCC1. The van der Waals surface area contributed by atoms with Gasteiger partial charge in [-0.25, -0.2) is 8.42 Å². The van der Waals surface area contributed by atoms with Gasteiger partial charge in [0, 0.05) is 6.04 Å². The zero-order valence-electron chi connectivity index (χ0n) is 12.6. The predicted molar refractivity (Wildman–Crippen MR) is 83.7 cm³/mol. The molecule has 1 atom stereocenters. The Hall–Kier alpha value is -1.36. The number of amides is 1. The molecule has 2 rings (SSSR count). The minimum Gasteiger partial charge on any atom is -0.352 e. The third-order valence-electron chi connectivity index (χ3n) is 4.23. The molecule has 0 aliphatic heterocycles. The van der Waals surface area contributed by atoms with E-state index in [2.05, 4.69) is 5.32 Å². The Morgan fingerprint density at radius 1 is 1.29 bits per heavy atom. The number of carbonyl (C=O) groups excluding carboxylic acids is 1. The number of hydrogen-bond donors (Lipinski definition) is 1. The normalized spacial score (nSPS) is 17.6. The highest BCUT2D eigenvalue weighted by Gasteiger charge is 2.30. The van der Waals surface area contributed by atoms with Crippen LogP contribution in [-0.2, 0) is 20.4 Å². The number of sulfone groups is 1. The minimum atomic E-state index is -3.49. The molecule has 0 unspecified atom stereocenters. The van der Waals surface area contributed by atoms with Crippen molar-refractivity contribution in [3.63, 3.8) is 0 Å². The first-order chi connectivity index (χ1) is 9.90. The van der Waals surface area contributed by atoms with E-state index in [0.29, 0.717) is 0 Å². The highest BCUT2D eigenvalue weighted by Crippen LogP contribution is 2.19. The summed E-state index contributed by atoms with van der Waals surface area (Å²) in [5.41, 5.74) is 1.70. The van der Waals surface area contributed by atoms with Crippen molar-refractivity contribution in [1.29, 1.82) is 0 Å². The van der Waals surface area contributed by atoms with E-state index in [0.717, 1.165) is 36.8 Å². The lowest BCUT2D eigenvalue weighted by atomic mass is 10.1. The smallest absolute Gasteiger partial charge is 0.238 e. The second kappa shape index (κ2) is 6.60. The van der Waals surface area contributed by atoms with Crippen LogP contribution in [0.5, 0.6) is 0 Å². The van der Waals surface area contributed by atoms with E-state index in [1.807, 2.05) is 25.1 Å². The zero-order chi connectivity index (χ0) is 15.5.